The van der Waals surface area contributed by atoms with Gasteiger partial charge in [0.25, 0.3) is 0 Å². The first-order valence-corrected chi connectivity index (χ1v) is 10.9. The minimum atomic E-state index is -4.74. The number of fused-ring (bicyclic) bond motifs is 1. The summed E-state index contributed by atoms with van der Waals surface area (Å²) in [5, 5.41) is 8.77. The molecule has 0 spiro atoms. The number of hydrogen-bond donors (Lipinski definition) is 1. The molecule has 0 fully saturated rings. The first-order valence-electron chi connectivity index (χ1n) is 9.50. The molecule has 0 bridgehead atoms. The first-order chi connectivity index (χ1) is 15.2. The van der Waals surface area contributed by atoms with Crippen LogP contribution in [0, 0.1) is 0 Å². The average molecular weight is 468 g/mol. The van der Waals surface area contributed by atoms with E-state index in [0.29, 0.717) is 22.3 Å². The topological polar surface area (TPSA) is 138 Å². The summed E-state index contributed by atoms with van der Waals surface area (Å²) in [7, 11) is -4.74. The minimum Gasteiger partial charge on any atom is -0.744 e. The number of Topliss-reactive ketones (excluding diaryl/α,β-unsaturated/α-hetero) is 1. The molecule has 1 heterocycles. The Balaban J connectivity index is 0.00000306. The fourth-order valence-corrected chi connectivity index (χ4v) is 3.95. The molecule has 0 unspecified atom stereocenters. The number of nitrogens with two attached hydrogens (primary N) is 1. The molecule has 0 aliphatic rings. The second-order valence-electron chi connectivity index (χ2n) is 7.04. The van der Waals surface area contributed by atoms with Crippen LogP contribution in [0.5, 0.6) is 0 Å². The number of carbonyl (C=O) groups excluding carboxylic acids is 1. The molecule has 0 saturated carbocycles. The zero-order chi connectivity index (χ0) is 22.9. The molecule has 4 aromatic rings. The summed E-state index contributed by atoms with van der Waals surface area (Å²) in [4.78, 5) is 15.3. The zero-order valence-electron chi connectivity index (χ0n) is 17.9. The minimum absolute atomic E-state index is 0. The van der Waals surface area contributed by atoms with Gasteiger partial charge in [0.05, 0.1) is 22.5 Å². The van der Waals surface area contributed by atoms with Crippen molar-refractivity contribution in [2.24, 2.45) is 10.2 Å². The van der Waals surface area contributed by atoms with Gasteiger partial charge in [0.1, 0.15) is 21.5 Å². The summed E-state index contributed by atoms with van der Waals surface area (Å²) in [6.45, 7) is 1.50. The fraction of sp³-hybridized carbons (Fsp3) is 0.0435. The molecule has 0 atom stereocenters. The summed E-state index contributed by atoms with van der Waals surface area (Å²) >= 11 is 0. The van der Waals surface area contributed by atoms with Crippen molar-refractivity contribution in [1.29, 1.82) is 0 Å². The third-order valence-electron chi connectivity index (χ3n) is 4.90. The van der Waals surface area contributed by atoms with E-state index >= 15 is 0 Å². The molecular formula is C23H17N4NaO4S. The Morgan fingerprint density at radius 2 is 1.64 bits per heavy atom. The van der Waals surface area contributed by atoms with E-state index in [1.54, 1.807) is 54.6 Å². The van der Waals surface area contributed by atoms with Gasteiger partial charge in [-0.25, -0.2) is 8.42 Å². The Hall–Kier alpha value is -2.95. The van der Waals surface area contributed by atoms with Crippen molar-refractivity contribution in [1.82, 2.24) is 4.98 Å². The van der Waals surface area contributed by atoms with Gasteiger partial charge in [0.15, 0.2) is 5.78 Å². The van der Waals surface area contributed by atoms with Crippen molar-refractivity contribution in [2.45, 2.75) is 11.8 Å². The van der Waals surface area contributed by atoms with Crippen LogP contribution in [0.1, 0.15) is 17.3 Å². The molecule has 0 amide bonds. The van der Waals surface area contributed by atoms with E-state index in [-0.39, 0.29) is 52.1 Å². The predicted molar refractivity (Wildman–Crippen MR) is 120 cm³/mol. The number of rotatable bonds is 5. The van der Waals surface area contributed by atoms with Crippen LogP contribution in [-0.4, -0.2) is 23.7 Å². The number of hydrogen-bond acceptors (Lipinski definition) is 8. The van der Waals surface area contributed by atoms with Crippen LogP contribution in [0.15, 0.2) is 88.1 Å². The van der Waals surface area contributed by atoms with Crippen molar-refractivity contribution >= 4 is 43.7 Å². The summed E-state index contributed by atoms with van der Waals surface area (Å²) < 4.78 is 35.2. The number of carbonyl (C=O) groups is 1. The monoisotopic (exact) mass is 468 g/mol. The molecule has 0 aliphatic heterocycles. The van der Waals surface area contributed by atoms with Crippen LogP contribution >= 0.6 is 0 Å². The van der Waals surface area contributed by atoms with Crippen LogP contribution in [0.25, 0.3) is 22.0 Å². The third-order valence-corrected chi connectivity index (χ3v) is 5.78. The fourth-order valence-electron chi connectivity index (χ4n) is 3.24. The number of anilines is 1. The van der Waals surface area contributed by atoms with Crippen molar-refractivity contribution in [3.63, 3.8) is 0 Å². The summed E-state index contributed by atoms with van der Waals surface area (Å²) in [6, 6.07) is 18.1. The third kappa shape index (κ3) is 5.35. The molecule has 3 aromatic carbocycles. The summed E-state index contributed by atoms with van der Waals surface area (Å²) in [6.07, 6.45) is 1.50. The molecule has 1 aromatic heterocycles. The second-order valence-corrected chi connectivity index (χ2v) is 8.39. The van der Waals surface area contributed by atoms with E-state index in [4.69, 9.17) is 5.73 Å². The molecule has 0 saturated heterocycles. The number of azo groups is 1. The maximum atomic E-state index is 11.7. The van der Waals surface area contributed by atoms with Crippen LogP contribution in [0.2, 0.25) is 0 Å². The molecule has 33 heavy (non-hydrogen) atoms. The van der Waals surface area contributed by atoms with Gasteiger partial charge in [-0.2, -0.15) is 0 Å². The quantitative estimate of drug-likeness (QED) is 0.156. The molecule has 0 radical (unpaired) electrons. The van der Waals surface area contributed by atoms with E-state index < -0.39 is 15.0 Å². The van der Waals surface area contributed by atoms with E-state index in [1.807, 2.05) is 0 Å². The van der Waals surface area contributed by atoms with Gasteiger partial charge in [0.2, 0.25) is 0 Å². The SMILES string of the molecule is CC(=O)c1ccc(-c2ccc(N=Nc3cc(S(=O)(=O)[O-])c4ccccc4c3N)cn2)cc1.[Na+]. The molecule has 8 nitrogen and oxygen atoms in total. The number of aromatic nitrogens is 1. The van der Waals surface area contributed by atoms with Crippen LogP contribution in [0.3, 0.4) is 0 Å². The number of ketones is 1. The Bertz CT molecular complexity index is 1470. The Morgan fingerprint density at radius 3 is 2.21 bits per heavy atom. The van der Waals surface area contributed by atoms with Gasteiger partial charge in [-0.1, -0.05) is 48.5 Å². The summed E-state index contributed by atoms with van der Waals surface area (Å²) in [5.41, 5.74) is 8.97. The molecule has 10 heteroatoms. The van der Waals surface area contributed by atoms with Gasteiger partial charge < -0.3 is 10.3 Å². The number of nitrogen functional groups attached to an aromatic ring is 1. The van der Waals surface area contributed by atoms with Gasteiger partial charge >= 0.3 is 29.6 Å². The standard InChI is InChI=1S/C23H18N4O4S.Na/c1-14(28)15-6-8-16(9-7-15)20-11-10-17(13-25-20)26-27-21-12-22(32(29,30)31)18-4-2-3-5-19(18)23(21)24;/h2-13H,24H2,1H3,(H,29,30,31);/q;+1/p-1. The van der Waals surface area contributed by atoms with E-state index in [9.17, 15) is 17.8 Å². The molecule has 2 N–H and O–H groups in total. The van der Waals surface area contributed by atoms with Gasteiger partial charge in [-0.05, 0) is 25.1 Å². The maximum absolute atomic E-state index is 11.7. The second kappa shape index (κ2) is 9.90. The Labute approximate surface area is 212 Å². The number of pyridine rings is 1. The average Bonchev–Trinajstić information content (AvgIpc) is 2.78. The summed E-state index contributed by atoms with van der Waals surface area (Å²) in [5.74, 6) is -0.0128. The van der Waals surface area contributed by atoms with Crippen LogP contribution in [0.4, 0.5) is 17.1 Å². The van der Waals surface area contributed by atoms with Crippen molar-refractivity contribution in [3.05, 3.63) is 78.5 Å². The number of benzene rings is 3. The maximum Gasteiger partial charge on any atom is 1.00 e. The van der Waals surface area contributed by atoms with Gasteiger partial charge in [-0.15, -0.1) is 10.2 Å². The smallest absolute Gasteiger partial charge is 0.744 e. The molecular weight excluding hydrogens is 451 g/mol. The zero-order valence-corrected chi connectivity index (χ0v) is 20.7. The van der Waals surface area contributed by atoms with Gasteiger partial charge in [-0.3, -0.25) is 9.78 Å². The van der Waals surface area contributed by atoms with E-state index in [0.717, 1.165) is 11.6 Å². The Morgan fingerprint density at radius 1 is 0.970 bits per heavy atom. The predicted octanol–water partition coefficient (Wildman–Crippen LogP) is 2.01. The largest absolute Gasteiger partial charge is 1.00 e. The number of nitrogens with zero attached hydrogens (tertiary/aromatic N) is 3. The molecule has 0 aliphatic carbocycles. The van der Waals surface area contributed by atoms with Crippen LogP contribution in [-0.2, 0) is 10.1 Å². The molecule has 160 valence electrons. The van der Waals surface area contributed by atoms with Crippen molar-refractivity contribution < 1.29 is 47.3 Å². The normalized spacial score (nSPS) is 11.5. The van der Waals surface area contributed by atoms with Crippen molar-refractivity contribution in [2.75, 3.05) is 5.73 Å². The van der Waals surface area contributed by atoms with E-state index in [1.165, 1.54) is 19.2 Å². The van der Waals surface area contributed by atoms with Crippen LogP contribution < -0.4 is 35.3 Å². The molecule has 4 rings (SSSR count). The first kappa shape index (κ1) is 24.7. The van der Waals surface area contributed by atoms with Gasteiger partial charge in [0, 0.05) is 21.9 Å². The Kier molecular flexibility index (Phi) is 7.41. The van der Waals surface area contributed by atoms with Crippen molar-refractivity contribution in [3.8, 4) is 11.3 Å². The van der Waals surface area contributed by atoms with E-state index in [2.05, 4.69) is 15.2 Å².